The first-order chi connectivity index (χ1) is 7.86. The molecule has 1 aromatic carbocycles. The van der Waals surface area contributed by atoms with E-state index in [4.69, 9.17) is 5.11 Å². The van der Waals surface area contributed by atoms with Crippen molar-refractivity contribution in [3.63, 3.8) is 0 Å². The summed E-state index contributed by atoms with van der Waals surface area (Å²) in [7, 11) is 0. The van der Waals surface area contributed by atoms with Crippen LogP contribution in [0.25, 0.3) is 0 Å². The minimum absolute atomic E-state index is 0.0568. The Balaban J connectivity index is 3.36. The molecule has 0 aromatic heterocycles. The Morgan fingerprint density at radius 3 is 2.47 bits per heavy atom. The van der Waals surface area contributed by atoms with E-state index in [0.717, 1.165) is 0 Å². The number of hydrogen-bond acceptors (Lipinski definition) is 4. The van der Waals surface area contributed by atoms with Gasteiger partial charge in [-0.15, -0.1) is 12.6 Å². The van der Waals surface area contributed by atoms with Crippen LogP contribution in [-0.2, 0) is 4.79 Å². The van der Waals surface area contributed by atoms with Crippen molar-refractivity contribution < 1.29 is 19.8 Å². The maximum Gasteiger partial charge on any atom is 0.337 e. The summed E-state index contributed by atoms with van der Waals surface area (Å²) in [6.45, 7) is 1.62. The molecule has 0 saturated heterocycles. The molecule has 2 unspecified atom stereocenters. The van der Waals surface area contributed by atoms with Gasteiger partial charge in [-0.1, -0.05) is 28.1 Å². The number of carboxylic acids is 1. The molecule has 0 amide bonds. The van der Waals surface area contributed by atoms with E-state index in [1.54, 1.807) is 19.1 Å². The van der Waals surface area contributed by atoms with Crippen molar-refractivity contribution in [2.24, 2.45) is 0 Å². The highest BCUT2D eigenvalue weighted by molar-refractivity contribution is 9.10. The van der Waals surface area contributed by atoms with Gasteiger partial charge in [-0.05, 0) is 13.0 Å². The number of hydrogen-bond donors (Lipinski definition) is 3. The third kappa shape index (κ3) is 3.08. The summed E-state index contributed by atoms with van der Waals surface area (Å²) < 4.78 is 0. The summed E-state index contributed by atoms with van der Waals surface area (Å²) >= 11 is 7.24. The van der Waals surface area contributed by atoms with Gasteiger partial charge in [0.15, 0.2) is 11.9 Å². The second-order valence-corrected chi connectivity index (χ2v) is 5.32. The zero-order valence-electron chi connectivity index (χ0n) is 8.92. The van der Waals surface area contributed by atoms with Crippen LogP contribution < -0.4 is 0 Å². The van der Waals surface area contributed by atoms with Crippen molar-refractivity contribution in [1.29, 1.82) is 0 Å². The Kier molecular flexibility index (Phi) is 4.73. The van der Waals surface area contributed by atoms with E-state index >= 15 is 0 Å². The molecule has 17 heavy (non-hydrogen) atoms. The smallest absolute Gasteiger partial charge is 0.337 e. The van der Waals surface area contributed by atoms with E-state index in [-0.39, 0.29) is 16.9 Å². The zero-order valence-corrected chi connectivity index (χ0v) is 11.4. The number of aliphatic carboxylic acids is 1. The summed E-state index contributed by atoms with van der Waals surface area (Å²) in [6.07, 6.45) is -1.73. The lowest BCUT2D eigenvalue weighted by Gasteiger charge is -2.14. The molecule has 92 valence electrons. The van der Waals surface area contributed by atoms with E-state index in [1.807, 2.05) is 0 Å². The molecular weight excluding hydrogens is 308 g/mol. The molecule has 0 fully saturated rings. The Bertz CT molecular complexity index is 459. The summed E-state index contributed by atoms with van der Waals surface area (Å²) in [5.41, 5.74) is 0.191. The normalized spacial score (nSPS) is 14.1. The number of thiol groups is 1. The number of aliphatic hydroxyl groups excluding tert-OH is 1. The molecular formula is C11H11BrO4S. The fourth-order valence-electron chi connectivity index (χ4n) is 1.39. The maximum absolute atomic E-state index is 11.9. The van der Waals surface area contributed by atoms with Crippen LogP contribution in [0.2, 0.25) is 0 Å². The predicted octanol–water partition coefficient (Wildman–Crippen LogP) is 2.06. The first-order valence-electron chi connectivity index (χ1n) is 4.77. The van der Waals surface area contributed by atoms with Gasteiger partial charge >= 0.3 is 5.97 Å². The van der Waals surface area contributed by atoms with Gasteiger partial charge in [-0.3, -0.25) is 4.79 Å². The van der Waals surface area contributed by atoms with Gasteiger partial charge in [0.05, 0.1) is 4.83 Å². The van der Waals surface area contributed by atoms with E-state index in [9.17, 15) is 14.7 Å². The quantitative estimate of drug-likeness (QED) is 0.451. The second-order valence-electron chi connectivity index (χ2n) is 3.46. The number of halogens is 1. The van der Waals surface area contributed by atoms with Crippen LogP contribution in [0.15, 0.2) is 23.1 Å². The van der Waals surface area contributed by atoms with Crippen molar-refractivity contribution >= 4 is 40.3 Å². The number of alkyl halides is 1. The number of carbonyl (C=O) groups excluding carboxylic acids is 1. The average Bonchev–Trinajstić information content (AvgIpc) is 2.26. The molecule has 1 aromatic rings. The molecule has 0 aliphatic carbocycles. The highest BCUT2D eigenvalue weighted by Crippen LogP contribution is 2.27. The molecule has 4 nitrogen and oxygen atoms in total. The van der Waals surface area contributed by atoms with Crippen molar-refractivity contribution in [2.45, 2.75) is 22.8 Å². The van der Waals surface area contributed by atoms with Crippen molar-refractivity contribution in [2.75, 3.05) is 0 Å². The topological polar surface area (TPSA) is 74.6 Å². The lowest BCUT2D eigenvalue weighted by molar-refractivity contribution is -0.146. The molecule has 0 aliphatic rings. The predicted molar refractivity (Wildman–Crippen MR) is 69.0 cm³/mol. The Morgan fingerprint density at radius 2 is 2.00 bits per heavy atom. The Labute approximate surface area is 112 Å². The minimum atomic E-state index is -1.73. The van der Waals surface area contributed by atoms with Crippen LogP contribution in [-0.4, -0.2) is 26.8 Å². The number of carboxylic acid groups (broad SMARTS) is 1. The molecule has 0 radical (unpaired) electrons. The van der Waals surface area contributed by atoms with Crippen LogP contribution in [0.3, 0.4) is 0 Å². The van der Waals surface area contributed by atoms with Crippen LogP contribution in [0, 0.1) is 0 Å². The number of Topliss-reactive ketones (excluding diaryl/α,β-unsaturated/α-hetero) is 1. The number of aliphatic hydroxyl groups is 1. The SMILES string of the molecule is CC(Br)C(=O)c1c(S)cccc1C(O)C(=O)O. The maximum atomic E-state index is 11.9. The molecule has 0 heterocycles. The second kappa shape index (κ2) is 5.66. The van der Waals surface area contributed by atoms with Crippen molar-refractivity contribution in [1.82, 2.24) is 0 Å². The Morgan fingerprint density at radius 1 is 1.41 bits per heavy atom. The van der Waals surface area contributed by atoms with Gasteiger partial charge in [-0.2, -0.15) is 0 Å². The molecule has 0 saturated carbocycles. The van der Waals surface area contributed by atoms with Crippen LogP contribution in [0.5, 0.6) is 0 Å². The van der Waals surface area contributed by atoms with Crippen molar-refractivity contribution in [3.05, 3.63) is 29.3 Å². The molecule has 0 aliphatic heterocycles. The lowest BCUT2D eigenvalue weighted by Crippen LogP contribution is -2.19. The summed E-state index contributed by atoms with van der Waals surface area (Å²) in [5.74, 6) is -1.72. The average molecular weight is 319 g/mol. The molecule has 0 bridgehead atoms. The van der Waals surface area contributed by atoms with Crippen LogP contribution in [0.1, 0.15) is 28.9 Å². The van der Waals surface area contributed by atoms with E-state index in [0.29, 0.717) is 4.90 Å². The van der Waals surface area contributed by atoms with Gasteiger partial charge in [0.25, 0.3) is 0 Å². The van der Waals surface area contributed by atoms with Gasteiger partial charge in [0.1, 0.15) is 0 Å². The molecule has 2 atom stereocenters. The van der Waals surface area contributed by atoms with E-state index < -0.39 is 16.9 Å². The largest absolute Gasteiger partial charge is 0.479 e. The van der Waals surface area contributed by atoms with Crippen molar-refractivity contribution in [3.8, 4) is 0 Å². The highest BCUT2D eigenvalue weighted by atomic mass is 79.9. The Hall–Kier alpha value is -0.850. The van der Waals surface area contributed by atoms with Crippen LogP contribution >= 0.6 is 28.6 Å². The molecule has 1 rings (SSSR count). The van der Waals surface area contributed by atoms with Crippen LogP contribution in [0.4, 0.5) is 0 Å². The number of rotatable bonds is 4. The number of benzene rings is 1. The van der Waals surface area contributed by atoms with Gasteiger partial charge in [0, 0.05) is 16.0 Å². The highest BCUT2D eigenvalue weighted by Gasteiger charge is 2.25. The fraction of sp³-hybridized carbons (Fsp3) is 0.273. The monoisotopic (exact) mass is 318 g/mol. The summed E-state index contributed by atoms with van der Waals surface area (Å²) in [6, 6.07) is 4.52. The molecule has 2 N–H and O–H groups in total. The molecule has 6 heteroatoms. The first-order valence-corrected chi connectivity index (χ1v) is 6.13. The standard InChI is InChI=1S/C11H11BrO4S/c1-5(12)9(13)8-6(10(14)11(15)16)3-2-4-7(8)17/h2-5,10,14,17H,1H3,(H,15,16). The fourth-order valence-corrected chi connectivity index (χ4v) is 1.94. The number of ketones is 1. The van der Waals surface area contributed by atoms with E-state index in [2.05, 4.69) is 28.6 Å². The first kappa shape index (κ1) is 14.2. The van der Waals surface area contributed by atoms with Gasteiger partial charge in [0.2, 0.25) is 0 Å². The third-order valence-electron chi connectivity index (χ3n) is 2.21. The minimum Gasteiger partial charge on any atom is -0.479 e. The third-order valence-corrected chi connectivity index (χ3v) is 3.00. The van der Waals surface area contributed by atoms with Gasteiger partial charge < -0.3 is 10.2 Å². The zero-order chi connectivity index (χ0) is 13.2. The number of carbonyl (C=O) groups is 2. The molecule has 0 spiro atoms. The summed E-state index contributed by atoms with van der Waals surface area (Å²) in [4.78, 5) is 22.5. The lowest BCUT2D eigenvalue weighted by atomic mass is 9.98. The summed E-state index contributed by atoms with van der Waals surface area (Å²) in [5, 5.41) is 18.3. The van der Waals surface area contributed by atoms with Gasteiger partial charge in [-0.25, -0.2) is 4.79 Å². The van der Waals surface area contributed by atoms with E-state index in [1.165, 1.54) is 6.07 Å².